The monoisotopic (exact) mass is 203 g/mol. The third-order valence-corrected chi connectivity index (χ3v) is 3.58. The molecule has 1 saturated heterocycles. The second kappa shape index (κ2) is 4.36. The Hall–Kier alpha value is -0.820. The molecule has 1 aliphatic heterocycles. The maximum Gasteiger partial charge on any atom is 0.0162 e. The van der Waals surface area contributed by atoms with Gasteiger partial charge in [-0.1, -0.05) is 51.1 Å². The fraction of sp³-hybridized carbons (Fsp3) is 0.571. The van der Waals surface area contributed by atoms with E-state index in [-0.39, 0.29) is 0 Å². The van der Waals surface area contributed by atoms with Gasteiger partial charge in [0.15, 0.2) is 0 Å². The lowest BCUT2D eigenvalue weighted by Gasteiger charge is -2.25. The molecular formula is C14H21N. The molecule has 0 amide bonds. The van der Waals surface area contributed by atoms with Gasteiger partial charge in [-0.2, -0.15) is 0 Å². The predicted molar refractivity (Wildman–Crippen MR) is 65.0 cm³/mol. The Bertz CT molecular complexity index is 304. The van der Waals surface area contributed by atoms with Crippen molar-refractivity contribution in [3.8, 4) is 0 Å². The van der Waals surface area contributed by atoms with E-state index in [0.29, 0.717) is 17.9 Å². The van der Waals surface area contributed by atoms with Crippen molar-refractivity contribution in [2.24, 2.45) is 11.8 Å². The van der Waals surface area contributed by atoms with E-state index < -0.39 is 0 Å². The predicted octanol–water partition coefficient (Wildman–Crippen LogP) is 3.03. The highest BCUT2D eigenvalue weighted by atomic mass is 15.0. The molecule has 82 valence electrons. The van der Waals surface area contributed by atoms with Crippen molar-refractivity contribution in [2.45, 2.75) is 32.7 Å². The van der Waals surface area contributed by atoms with Crippen LogP contribution in [0.2, 0.25) is 0 Å². The maximum atomic E-state index is 3.65. The second-order valence-electron chi connectivity index (χ2n) is 5.09. The summed E-state index contributed by atoms with van der Waals surface area (Å²) in [4.78, 5) is 0. The third kappa shape index (κ3) is 2.07. The summed E-state index contributed by atoms with van der Waals surface area (Å²) in [6, 6.07) is 11.6. The van der Waals surface area contributed by atoms with Crippen LogP contribution < -0.4 is 5.32 Å². The number of rotatable bonds is 2. The van der Waals surface area contributed by atoms with Crippen LogP contribution in [0, 0.1) is 11.8 Å². The van der Waals surface area contributed by atoms with Crippen molar-refractivity contribution in [3.63, 3.8) is 0 Å². The molecule has 1 fully saturated rings. The Morgan fingerprint density at radius 1 is 1.20 bits per heavy atom. The zero-order chi connectivity index (χ0) is 10.8. The molecule has 3 unspecified atom stereocenters. The first-order valence-electron chi connectivity index (χ1n) is 5.98. The number of nitrogens with one attached hydrogen (secondary N) is 1. The number of hydrogen-bond acceptors (Lipinski definition) is 1. The van der Waals surface area contributed by atoms with Crippen LogP contribution in [0.5, 0.6) is 0 Å². The highest BCUT2D eigenvalue weighted by Gasteiger charge is 2.35. The van der Waals surface area contributed by atoms with Gasteiger partial charge in [0.05, 0.1) is 0 Å². The van der Waals surface area contributed by atoms with Crippen LogP contribution >= 0.6 is 0 Å². The SMILES string of the molecule is CC(C)C1NCC(C)C1c1ccccc1. The standard InChI is InChI=1S/C14H21N/c1-10(2)14-13(11(3)9-15-14)12-7-5-4-6-8-12/h4-8,10-11,13-15H,9H2,1-3H3. The van der Waals surface area contributed by atoms with E-state index in [4.69, 9.17) is 0 Å². The average Bonchev–Trinajstić information content (AvgIpc) is 2.61. The van der Waals surface area contributed by atoms with Crippen molar-refractivity contribution in [1.29, 1.82) is 0 Å². The van der Waals surface area contributed by atoms with E-state index >= 15 is 0 Å². The van der Waals surface area contributed by atoms with Gasteiger partial charge in [0.1, 0.15) is 0 Å². The number of hydrogen-bond donors (Lipinski definition) is 1. The molecule has 1 heterocycles. The van der Waals surface area contributed by atoms with E-state index in [1.54, 1.807) is 0 Å². The minimum Gasteiger partial charge on any atom is -0.313 e. The molecule has 0 aromatic heterocycles. The smallest absolute Gasteiger partial charge is 0.0162 e. The topological polar surface area (TPSA) is 12.0 Å². The fourth-order valence-corrected chi connectivity index (χ4v) is 2.79. The van der Waals surface area contributed by atoms with Crippen LogP contribution in [0.1, 0.15) is 32.3 Å². The van der Waals surface area contributed by atoms with E-state index in [9.17, 15) is 0 Å². The normalized spacial score (nSPS) is 31.1. The fourth-order valence-electron chi connectivity index (χ4n) is 2.79. The molecule has 0 aliphatic carbocycles. The molecule has 0 radical (unpaired) electrons. The summed E-state index contributed by atoms with van der Waals surface area (Å²) >= 11 is 0. The van der Waals surface area contributed by atoms with E-state index in [1.165, 1.54) is 5.56 Å². The largest absolute Gasteiger partial charge is 0.313 e. The maximum absolute atomic E-state index is 3.65. The van der Waals surface area contributed by atoms with Crippen molar-refractivity contribution in [3.05, 3.63) is 35.9 Å². The first-order chi connectivity index (χ1) is 7.20. The summed E-state index contributed by atoms with van der Waals surface area (Å²) < 4.78 is 0. The van der Waals surface area contributed by atoms with Gasteiger partial charge < -0.3 is 5.32 Å². The van der Waals surface area contributed by atoms with E-state index in [2.05, 4.69) is 56.4 Å². The summed E-state index contributed by atoms with van der Waals surface area (Å²) in [5, 5.41) is 3.65. The third-order valence-electron chi connectivity index (χ3n) is 3.58. The molecule has 1 aliphatic rings. The minimum atomic E-state index is 0.641. The molecule has 1 nitrogen and oxygen atoms in total. The molecule has 2 rings (SSSR count). The molecule has 1 aromatic carbocycles. The molecule has 1 N–H and O–H groups in total. The van der Waals surface area contributed by atoms with Gasteiger partial charge in [-0.05, 0) is 23.9 Å². The van der Waals surface area contributed by atoms with Crippen LogP contribution in [-0.2, 0) is 0 Å². The summed E-state index contributed by atoms with van der Waals surface area (Å²) in [7, 11) is 0. The van der Waals surface area contributed by atoms with Gasteiger partial charge in [-0.15, -0.1) is 0 Å². The molecule has 3 atom stereocenters. The Morgan fingerprint density at radius 2 is 1.87 bits per heavy atom. The minimum absolute atomic E-state index is 0.641. The van der Waals surface area contributed by atoms with Crippen molar-refractivity contribution in [1.82, 2.24) is 5.32 Å². The Balaban J connectivity index is 2.25. The quantitative estimate of drug-likeness (QED) is 0.779. The lowest BCUT2D eigenvalue weighted by Crippen LogP contribution is -2.31. The lowest BCUT2D eigenvalue weighted by atomic mass is 9.81. The van der Waals surface area contributed by atoms with Crippen molar-refractivity contribution in [2.75, 3.05) is 6.54 Å². The van der Waals surface area contributed by atoms with Gasteiger partial charge in [0, 0.05) is 12.0 Å². The Morgan fingerprint density at radius 3 is 2.47 bits per heavy atom. The zero-order valence-corrected chi connectivity index (χ0v) is 9.90. The van der Waals surface area contributed by atoms with Gasteiger partial charge in [0.2, 0.25) is 0 Å². The summed E-state index contributed by atoms with van der Waals surface area (Å²) in [6.07, 6.45) is 0. The van der Waals surface area contributed by atoms with Gasteiger partial charge in [-0.25, -0.2) is 0 Å². The molecule has 1 aromatic rings. The first kappa shape index (κ1) is 10.7. The van der Waals surface area contributed by atoms with Gasteiger partial charge in [0.25, 0.3) is 0 Å². The van der Waals surface area contributed by atoms with Crippen LogP contribution in [0.4, 0.5) is 0 Å². The summed E-state index contributed by atoms with van der Waals surface area (Å²) in [5.74, 6) is 2.14. The van der Waals surface area contributed by atoms with Crippen LogP contribution in [0.25, 0.3) is 0 Å². The highest BCUT2D eigenvalue weighted by molar-refractivity contribution is 5.24. The molecule has 0 saturated carbocycles. The lowest BCUT2D eigenvalue weighted by molar-refractivity contribution is 0.395. The summed E-state index contributed by atoms with van der Waals surface area (Å²) in [6.45, 7) is 8.13. The van der Waals surface area contributed by atoms with E-state index in [0.717, 1.165) is 12.5 Å². The first-order valence-corrected chi connectivity index (χ1v) is 5.98. The zero-order valence-electron chi connectivity index (χ0n) is 9.90. The Labute approximate surface area is 92.9 Å². The van der Waals surface area contributed by atoms with Gasteiger partial charge in [-0.3, -0.25) is 0 Å². The van der Waals surface area contributed by atoms with Gasteiger partial charge >= 0.3 is 0 Å². The Kier molecular flexibility index (Phi) is 3.11. The number of benzene rings is 1. The van der Waals surface area contributed by atoms with Crippen LogP contribution in [0.3, 0.4) is 0 Å². The van der Waals surface area contributed by atoms with Crippen LogP contribution in [0.15, 0.2) is 30.3 Å². The molecule has 0 spiro atoms. The molecule has 15 heavy (non-hydrogen) atoms. The summed E-state index contributed by atoms with van der Waals surface area (Å²) in [5.41, 5.74) is 1.49. The highest BCUT2D eigenvalue weighted by Crippen LogP contribution is 2.35. The van der Waals surface area contributed by atoms with Crippen LogP contribution in [-0.4, -0.2) is 12.6 Å². The van der Waals surface area contributed by atoms with Crippen molar-refractivity contribution < 1.29 is 0 Å². The second-order valence-corrected chi connectivity index (χ2v) is 5.09. The average molecular weight is 203 g/mol. The van der Waals surface area contributed by atoms with Crippen molar-refractivity contribution >= 4 is 0 Å². The molecule has 1 heteroatoms. The van der Waals surface area contributed by atoms with E-state index in [1.807, 2.05) is 0 Å². The molecule has 0 bridgehead atoms. The molecular weight excluding hydrogens is 182 g/mol.